The van der Waals surface area contributed by atoms with Gasteiger partial charge in [-0.25, -0.2) is 0 Å². The van der Waals surface area contributed by atoms with Gasteiger partial charge in [-0.05, 0) is 50.1 Å². The molecular formula is C13H22N2S2. The summed E-state index contributed by atoms with van der Waals surface area (Å²) in [5, 5.41) is 2.18. The fraction of sp³-hybridized carbons (Fsp3) is 0.692. The summed E-state index contributed by atoms with van der Waals surface area (Å²) < 4.78 is 0. The van der Waals surface area contributed by atoms with Crippen molar-refractivity contribution in [3.8, 4) is 0 Å². The molecule has 1 fully saturated rings. The molecule has 4 heteroatoms. The zero-order valence-electron chi connectivity index (χ0n) is 10.8. The van der Waals surface area contributed by atoms with Gasteiger partial charge in [-0.2, -0.15) is 11.8 Å². The van der Waals surface area contributed by atoms with Crippen LogP contribution in [0.25, 0.3) is 0 Å². The average molecular weight is 270 g/mol. The van der Waals surface area contributed by atoms with Crippen LogP contribution in [0, 0.1) is 6.92 Å². The van der Waals surface area contributed by atoms with Crippen LogP contribution in [0.4, 0.5) is 0 Å². The van der Waals surface area contributed by atoms with E-state index in [0.29, 0.717) is 12.1 Å². The average Bonchev–Trinajstić information content (AvgIpc) is 2.90. The topological polar surface area (TPSA) is 29.3 Å². The number of thiophene rings is 1. The summed E-state index contributed by atoms with van der Waals surface area (Å²) in [5.74, 6) is 2.55. The van der Waals surface area contributed by atoms with Crippen LogP contribution in [0.15, 0.2) is 11.4 Å². The van der Waals surface area contributed by atoms with Crippen LogP contribution in [0.5, 0.6) is 0 Å². The van der Waals surface area contributed by atoms with E-state index in [0.717, 1.165) is 0 Å². The second kappa shape index (κ2) is 5.74. The first-order chi connectivity index (χ1) is 8.11. The second-order valence-corrected chi connectivity index (χ2v) is 7.05. The number of rotatable bonds is 4. The first-order valence-electron chi connectivity index (χ1n) is 6.20. The van der Waals surface area contributed by atoms with Crippen molar-refractivity contribution in [2.75, 3.05) is 18.6 Å². The van der Waals surface area contributed by atoms with E-state index in [1.807, 2.05) is 11.3 Å². The van der Waals surface area contributed by atoms with E-state index in [-0.39, 0.29) is 6.04 Å². The molecule has 0 aliphatic carbocycles. The fourth-order valence-electron chi connectivity index (χ4n) is 2.55. The molecule has 1 aliphatic heterocycles. The monoisotopic (exact) mass is 270 g/mol. The first kappa shape index (κ1) is 13.4. The highest BCUT2D eigenvalue weighted by Gasteiger charge is 2.30. The maximum absolute atomic E-state index is 6.22. The molecule has 0 saturated carbocycles. The Morgan fingerprint density at radius 3 is 2.76 bits per heavy atom. The molecule has 3 atom stereocenters. The van der Waals surface area contributed by atoms with E-state index in [2.05, 4.69) is 49.0 Å². The van der Waals surface area contributed by atoms with Crippen LogP contribution in [0.3, 0.4) is 0 Å². The molecule has 0 amide bonds. The smallest absolute Gasteiger partial charge is 0.0593 e. The number of likely N-dealkylation sites (N-methyl/N-ethyl adjacent to an activating group) is 1. The van der Waals surface area contributed by atoms with Gasteiger partial charge in [-0.1, -0.05) is 0 Å². The fourth-order valence-corrected chi connectivity index (χ4v) is 5.02. The Morgan fingerprint density at radius 2 is 2.29 bits per heavy atom. The second-order valence-electron chi connectivity index (χ2n) is 4.95. The van der Waals surface area contributed by atoms with Gasteiger partial charge in [0.05, 0.1) is 6.04 Å². The summed E-state index contributed by atoms with van der Waals surface area (Å²) in [6, 6.07) is 3.45. The Hall–Kier alpha value is -0.0300. The van der Waals surface area contributed by atoms with Crippen LogP contribution in [0.1, 0.15) is 29.8 Å². The third-order valence-electron chi connectivity index (χ3n) is 3.59. The molecule has 3 unspecified atom stereocenters. The number of nitrogens with zero attached hydrogens (tertiary/aromatic N) is 1. The van der Waals surface area contributed by atoms with Crippen LogP contribution in [-0.2, 0) is 0 Å². The van der Waals surface area contributed by atoms with Crippen molar-refractivity contribution in [3.63, 3.8) is 0 Å². The number of nitrogens with two attached hydrogens (primary N) is 1. The summed E-state index contributed by atoms with van der Waals surface area (Å²) in [4.78, 5) is 3.95. The Bertz CT molecular complexity index is 356. The molecule has 96 valence electrons. The van der Waals surface area contributed by atoms with Crippen molar-refractivity contribution in [3.05, 3.63) is 21.9 Å². The van der Waals surface area contributed by atoms with Gasteiger partial charge in [0.1, 0.15) is 0 Å². The lowest BCUT2D eigenvalue weighted by molar-refractivity contribution is 0.171. The lowest BCUT2D eigenvalue weighted by Gasteiger charge is -2.35. The number of thioether (sulfide) groups is 1. The molecule has 2 heterocycles. The Kier molecular flexibility index (Phi) is 4.53. The molecule has 2 rings (SSSR count). The molecule has 1 aromatic heterocycles. The highest BCUT2D eigenvalue weighted by atomic mass is 32.2. The van der Waals surface area contributed by atoms with Crippen molar-refractivity contribution in [2.45, 2.75) is 38.4 Å². The minimum absolute atomic E-state index is 0.183. The molecule has 1 saturated heterocycles. The predicted octanol–water partition coefficient (Wildman–Crippen LogP) is 2.88. The van der Waals surface area contributed by atoms with Crippen molar-refractivity contribution in [1.82, 2.24) is 4.90 Å². The summed E-state index contributed by atoms with van der Waals surface area (Å²) >= 11 is 3.91. The zero-order valence-corrected chi connectivity index (χ0v) is 12.5. The summed E-state index contributed by atoms with van der Waals surface area (Å²) in [7, 11) is 2.24. The van der Waals surface area contributed by atoms with Gasteiger partial charge in [0.15, 0.2) is 0 Å². The van der Waals surface area contributed by atoms with Crippen molar-refractivity contribution < 1.29 is 0 Å². The zero-order chi connectivity index (χ0) is 12.4. The SMILES string of the molecule is Cc1ccsc1C(C(C)N)N(C)C1CCSC1. The van der Waals surface area contributed by atoms with E-state index < -0.39 is 0 Å². The number of aryl methyl sites for hydroxylation is 1. The third-order valence-corrected chi connectivity index (χ3v) is 5.82. The quantitative estimate of drug-likeness (QED) is 0.912. The molecule has 2 nitrogen and oxygen atoms in total. The molecular weight excluding hydrogens is 248 g/mol. The maximum Gasteiger partial charge on any atom is 0.0593 e. The van der Waals surface area contributed by atoms with E-state index in [1.165, 1.54) is 28.4 Å². The molecule has 0 aromatic carbocycles. The van der Waals surface area contributed by atoms with Gasteiger partial charge in [-0.15, -0.1) is 11.3 Å². The van der Waals surface area contributed by atoms with E-state index >= 15 is 0 Å². The molecule has 1 aliphatic rings. The van der Waals surface area contributed by atoms with Gasteiger partial charge in [0, 0.05) is 22.7 Å². The van der Waals surface area contributed by atoms with Crippen LogP contribution >= 0.6 is 23.1 Å². The number of hydrogen-bond acceptors (Lipinski definition) is 4. The molecule has 0 bridgehead atoms. The normalized spacial score (nSPS) is 24.2. The molecule has 0 spiro atoms. The molecule has 2 N–H and O–H groups in total. The third kappa shape index (κ3) is 2.87. The highest BCUT2D eigenvalue weighted by Crippen LogP contribution is 2.34. The Labute approximate surface area is 113 Å². The van der Waals surface area contributed by atoms with Gasteiger partial charge in [0.2, 0.25) is 0 Å². The van der Waals surface area contributed by atoms with Crippen molar-refractivity contribution >= 4 is 23.1 Å². The minimum atomic E-state index is 0.183. The Balaban J connectivity index is 2.20. The highest BCUT2D eigenvalue weighted by molar-refractivity contribution is 7.99. The maximum atomic E-state index is 6.22. The van der Waals surface area contributed by atoms with Gasteiger partial charge < -0.3 is 5.73 Å². The van der Waals surface area contributed by atoms with Crippen molar-refractivity contribution in [2.24, 2.45) is 5.73 Å². The van der Waals surface area contributed by atoms with Crippen molar-refractivity contribution in [1.29, 1.82) is 0 Å². The molecule has 17 heavy (non-hydrogen) atoms. The molecule has 1 aromatic rings. The largest absolute Gasteiger partial charge is 0.326 e. The first-order valence-corrected chi connectivity index (χ1v) is 8.24. The van der Waals surface area contributed by atoms with Gasteiger partial charge >= 0.3 is 0 Å². The van der Waals surface area contributed by atoms with E-state index in [1.54, 1.807) is 0 Å². The number of hydrogen-bond donors (Lipinski definition) is 1. The summed E-state index contributed by atoms with van der Waals surface area (Å²) in [5.41, 5.74) is 7.61. The van der Waals surface area contributed by atoms with E-state index in [9.17, 15) is 0 Å². The van der Waals surface area contributed by atoms with Gasteiger partial charge in [0.25, 0.3) is 0 Å². The predicted molar refractivity (Wildman–Crippen MR) is 78.9 cm³/mol. The van der Waals surface area contributed by atoms with Gasteiger partial charge in [-0.3, -0.25) is 4.90 Å². The minimum Gasteiger partial charge on any atom is -0.326 e. The lowest BCUT2D eigenvalue weighted by Crippen LogP contribution is -2.42. The standard InChI is InChI=1S/C13H22N2S2/c1-9-4-7-17-13(9)12(10(2)14)15(3)11-5-6-16-8-11/h4,7,10-12H,5-6,8,14H2,1-3H3. The van der Waals surface area contributed by atoms with E-state index in [4.69, 9.17) is 5.73 Å². The summed E-state index contributed by atoms with van der Waals surface area (Å²) in [6.07, 6.45) is 1.30. The summed E-state index contributed by atoms with van der Waals surface area (Å²) in [6.45, 7) is 4.32. The van der Waals surface area contributed by atoms with Crippen LogP contribution in [0.2, 0.25) is 0 Å². The lowest BCUT2D eigenvalue weighted by atomic mass is 10.0. The van der Waals surface area contributed by atoms with Crippen LogP contribution < -0.4 is 5.73 Å². The molecule has 0 radical (unpaired) electrons. The Morgan fingerprint density at radius 1 is 1.53 bits per heavy atom. The van der Waals surface area contributed by atoms with Crippen LogP contribution in [-0.4, -0.2) is 35.5 Å².